The van der Waals surface area contributed by atoms with Crippen molar-refractivity contribution in [2.75, 3.05) is 46.5 Å². The highest BCUT2D eigenvalue weighted by Crippen LogP contribution is 1.91. The van der Waals surface area contributed by atoms with E-state index in [1.165, 1.54) is 0 Å². The normalized spacial score (nSPS) is 13.6. The third kappa shape index (κ3) is 6.92. The smallest absolute Gasteiger partial charge is 0.0897 e. The van der Waals surface area contributed by atoms with E-state index in [-0.39, 0.29) is 6.61 Å². The summed E-state index contributed by atoms with van der Waals surface area (Å²) in [5.41, 5.74) is 5.39. The average Bonchev–Trinajstić information content (AvgIpc) is 2.14. The van der Waals surface area contributed by atoms with Gasteiger partial charge in [-0.25, -0.2) is 0 Å². The van der Waals surface area contributed by atoms with Crippen molar-refractivity contribution in [3.05, 3.63) is 0 Å². The van der Waals surface area contributed by atoms with E-state index in [0.29, 0.717) is 26.2 Å². The van der Waals surface area contributed by atoms with Crippen LogP contribution in [0.2, 0.25) is 0 Å². The highest BCUT2D eigenvalue weighted by atomic mass is 16.5. The van der Waals surface area contributed by atoms with Gasteiger partial charge in [0.05, 0.1) is 19.3 Å². The predicted octanol–water partition coefficient (Wildman–Crippen LogP) is -1.75. The monoisotopic (exact) mass is 192 g/mol. The van der Waals surface area contributed by atoms with E-state index in [9.17, 15) is 5.11 Å². The molecule has 0 aromatic heterocycles. The summed E-state index contributed by atoms with van der Waals surface area (Å²) in [5, 5.41) is 17.8. The molecule has 1 unspecified atom stereocenters. The first-order valence-electron chi connectivity index (χ1n) is 4.44. The molecule has 0 heterocycles. The summed E-state index contributed by atoms with van der Waals surface area (Å²) in [6.45, 7) is 2.82. The molecule has 0 spiro atoms. The molecule has 5 heteroatoms. The zero-order valence-electron chi connectivity index (χ0n) is 8.15. The fraction of sp³-hybridized carbons (Fsp3) is 1.00. The minimum absolute atomic E-state index is 0.214. The molecule has 1 atom stereocenters. The number of hydrogen-bond donors (Lipinski definition) is 3. The molecule has 0 aliphatic carbocycles. The SMILES string of the molecule is COCCN(CCN)CC(O)CO. The molecule has 0 fully saturated rings. The molecule has 0 rings (SSSR count). The molecule has 5 nitrogen and oxygen atoms in total. The Morgan fingerprint density at radius 3 is 2.62 bits per heavy atom. The third-order valence-electron chi connectivity index (χ3n) is 1.74. The number of methoxy groups -OCH3 is 1. The second kappa shape index (κ2) is 8.40. The van der Waals surface area contributed by atoms with Crippen molar-refractivity contribution in [2.45, 2.75) is 6.10 Å². The fourth-order valence-corrected chi connectivity index (χ4v) is 1.05. The summed E-state index contributed by atoms with van der Waals surface area (Å²) in [6, 6.07) is 0. The van der Waals surface area contributed by atoms with Gasteiger partial charge in [-0.2, -0.15) is 0 Å². The number of hydrogen-bond acceptors (Lipinski definition) is 5. The summed E-state index contributed by atoms with van der Waals surface area (Å²) < 4.78 is 4.91. The predicted molar refractivity (Wildman–Crippen MR) is 50.5 cm³/mol. The highest BCUT2D eigenvalue weighted by molar-refractivity contribution is 4.63. The van der Waals surface area contributed by atoms with Crippen LogP contribution in [-0.4, -0.2) is 67.7 Å². The first-order valence-corrected chi connectivity index (χ1v) is 4.44. The Bertz CT molecular complexity index is 114. The van der Waals surface area contributed by atoms with E-state index in [4.69, 9.17) is 15.6 Å². The van der Waals surface area contributed by atoms with Gasteiger partial charge in [-0.15, -0.1) is 0 Å². The van der Waals surface area contributed by atoms with E-state index in [0.717, 1.165) is 6.54 Å². The van der Waals surface area contributed by atoms with Crippen molar-refractivity contribution in [2.24, 2.45) is 5.73 Å². The van der Waals surface area contributed by atoms with Crippen LogP contribution in [0.5, 0.6) is 0 Å². The Morgan fingerprint density at radius 1 is 1.46 bits per heavy atom. The van der Waals surface area contributed by atoms with E-state index < -0.39 is 6.10 Å². The fourth-order valence-electron chi connectivity index (χ4n) is 1.05. The van der Waals surface area contributed by atoms with E-state index >= 15 is 0 Å². The van der Waals surface area contributed by atoms with Crippen LogP contribution >= 0.6 is 0 Å². The average molecular weight is 192 g/mol. The summed E-state index contributed by atoms with van der Waals surface area (Å²) in [5.74, 6) is 0. The summed E-state index contributed by atoms with van der Waals surface area (Å²) in [4.78, 5) is 1.96. The van der Waals surface area contributed by atoms with Crippen LogP contribution in [0.25, 0.3) is 0 Å². The minimum atomic E-state index is -0.691. The largest absolute Gasteiger partial charge is 0.394 e. The molecule has 0 radical (unpaired) electrons. The number of aliphatic hydroxyl groups excluding tert-OH is 2. The molecule has 80 valence electrons. The van der Waals surface area contributed by atoms with E-state index in [1.54, 1.807) is 7.11 Å². The summed E-state index contributed by atoms with van der Waals surface area (Å²) in [6.07, 6.45) is -0.691. The van der Waals surface area contributed by atoms with Crippen molar-refractivity contribution in [3.8, 4) is 0 Å². The molecule has 4 N–H and O–H groups in total. The number of rotatable bonds is 8. The van der Waals surface area contributed by atoms with Crippen molar-refractivity contribution in [1.82, 2.24) is 4.90 Å². The molecule has 13 heavy (non-hydrogen) atoms. The van der Waals surface area contributed by atoms with E-state index in [1.807, 2.05) is 4.90 Å². The van der Waals surface area contributed by atoms with Crippen molar-refractivity contribution < 1.29 is 14.9 Å². The molecule has 0 aliphatic heterocycles. The van der Waals surface area contributed by atoms with Gasteiger partial charge in [0.2, 0.25) is 0 Å². The summed E-state index contributed by atoms with van der Waals surface area (Å²) >= 11 is 0. The first kappa shape index (κ1) is 12.8. The van der Waals surface area contributed by atoms with Crippen molar-refractivity contribution in [3.63, 3.8) is 0 Å². The lowest BCUT2D eigenvalue weighted by molar-refractivity contribution is 0.0507. The maximum Gasteiger partial charge on any atom is 0.0897 e. The quantitative estimate of drug-likeness (QED) is 0.425. The molecule has 0 aromatic carbocycles. The minimum Gasteiger partial charge on any atom is -0.394 e. The number of nitrogens with zero attached hydrogens (tertiary/aromatic N) is 1. The molecule has 0 aliphatic rings. The maximum atomic E-state index is 9.18. The topological polar surface area (TPSA) is 79.0 Å². The molecule has 0 saturated carbocycles. The van der Waals surface area contributed by atoms with Gasteiger partial charge in [0.15, 0.2) is 0 Å². The Hall–Kier alpha value is -0.200. The van der Waals surface area contributed by atoms with Crippen LogP contribution < -0.4 is 5.73 Å². The van der Waals surface area contributed by atoms with Crippen LogP contribution in [0.1, 0.15) is 0 Å². The Kier molecular flexibility index (Phi) is 8.27. The zero-order valence-corrected chi connectivity index (χ0v) is 8.15. The van der Waals surface area contributed by atoms with Crippen LogP contribution in [0.4, 0.5) is 0 Å². The van der Waals surface area contributed by atoms with Gasteiger partial charge in [-0.3, -0.25) is 4.90 Å². The second-order valence-electron chi connectivity index (χ2n) is 2.92. The van der Waals surface area contributed by atoms with Gasteiger partial charge in [-0.05, 0) is 0 Å². The van der Waals surface area contributed by atoms with Gasteiger partial charge in [0.25, 0.3) is 0 Å². The third-order valence-corrected chi connectivity index (χ3v) is 1.74. The van der Waals surface area contributed by atoms with Gasteiger partial charge in [0.1, 0.15) is 0 Å². The standard InChI is InChI=1S/C8H20N2O3/c1-13-5-4-10(3-2-9)6-8(12)7-11/h8,11-12H,2-7,9H2,1H3. The molecule has 0 aromatic rings. The molecule has 0 bridgehead atoms. The Balaban J connectivity index is 3.65. The zero-order chi connectivity index (χ0) is 10.1. The van der Waals surface area contributed by atoms with Gasteiger partial charge in [-0.1, -0.05) is 0 Å². The summed E-state index contributed by atoms with van der Waals surface area (Å²) in [7, 11) is 1.63. The van der Waals surface area contributed by atoms with Gasteiger partial charge in [0, 0.05) is 33.3 Å². The highest BCUT2D eigenvalue weighted by Gasteiger charge is 2.09. The Morgan fingerprint density at radius 2 is 2.15 bits per heavy atom. The second-order valence-corrected chi connectivity index (χ2v) is 2.92. The molecule has 0 saturated heterocycles. The molecular formula is C8H20N2O3. The van der Waals surface area contributed by atoms with Crippen LogP contribution in [-0.2, 0) is 4.74 Å². The maximum absolute atomic E-state index is 9.18. The Labute approximate surface area is 79.1 Å². The lowest BCUT2D eigenvalue weighted by Gasteiger charge is -2.23. The number of aliphatic hydroxyl groups is 2. The van der Waals surface area contributed by atoms with E-state index in [2.05, 4.69) is 0 Å². The van der Waals surface area contributed by atoms with Crippen molar-refractivity contribution >= 4 is 0 Å². The van der Waals surface area contributed by atoms with Gasteiger partial charge >= 0.3 is 0 Å². The van der Waals surface area contributed by atoms with Crippen LogP contribution in [0.3, 0.4) is 0 Å². The van der Waals surface area contributed by atoms with Crippen molar-refractivity contribution in [1.29, 1.82) is 0 Å². The number of ether oxygens (including phenoxy) is 1. The number of nitrogens with two attached hydrogens (primary N) is 1. The first-order chi connectivity index (χ1) is 6.24. The molecular weight excluding hydrogens is 172 g/mol. The lowest BCUT2D eigenvalue weighted by Crippen LogP contribution is -2.39. The lowest BCUT2D eigenvalue weighted by atomic mass is 10.3. The van der Waals surface area contributed by atoms with Gasteiger partial charge < -0.3 is 20.7 Å². The molecule has 0 amide bonds. The van der Waals surface area contributed by atoms with Crippen LogP contribution in [0, 0.1) is 0 Å². The van der Waals surface area contributed by atoms with Crippen LogP contribution in [0.15, 0.2) is 0 Å².